The minimum Gasteiger partial charge on any atom is -0.300 e. The number of Topliss-reactive ketones (excluding diaryl/α,β-unsaturated/α-hetero) is 1. The van der Waals surface area contributed by atoms with Crippen LogP contribution in [0.25, 0.3) is 0 Å². The fraction of sp³-hybridized carbons (Fsp3) is 0.552. The topological polar surface area (TPSA) is 17.1 Å². The van der Waals surface area contributed by atoms with E-state index in [4.69, 9.17) is 0 Å². The molecular weight excluding hydrogens is 364 g/mol. The number of hydrogen-bond acceptors (Lipinski definition) is 1. The SMILES string of the molecule is Cc1ccc(C(C)(C)CCCCC(=O)CCCCC(C)(C)c2ccc(C)cc2)cc1. The second-order valence-corrected chi connectivity index (χ2v) is 10.5. The highest BCUT2D eigenvalue weighted by Gasteiger charge is 2.21. The zero-order valence-corrected chi connectivity index (χ0v) is 20.2. The molecule has 0 N–H and O–H groups in total. The molecule has 30 heavy (non-hydrogen) atoms. The lowest BCUT2D eigenvalue weighted by Crippen LogP contribution is -2.17. The lowest BCUT2D eigenvalue weighted by Gasteiger charge is -2.25. The zero-order valence-electron chi connectivity index (χ0n) is 20.2. The van der Waals surface area contributed by atoms with Crippen molar-refractivity contribution in [3.63, 3.8) is 0 Å². The summed E-state index contributed by atoms with van der Waals surface area (Å²) in [5, 5.41) is 0. The van der Waals surface area contributed by atoms with Gasteiger partial charge in [0.2, 0.25) is 0 Å². The number of unbranched alkanes of at least 4 members (excludes halogenated alkanes) is 2. The Morgan fingerprint density at radius 2 is 0.933 bits per heavy atom. The normalized spacial score (nSPS) is 12.2. The van der Waals surface area contributed by atoms with E-state index < -0.39 is 0 Å². The van der Waals surface area contributed by atoms with E-state index in [2.05, 4.69) is 90.1 Å². The minimum absolute atomic E-state index is 0.179. The van der Waals surface area contributed by atoms with Crippen molar-refractivity contribution in [3.8, 4) is 0 Å². The van der Waals surface area contributed by atoms with Gasteiger partial charge in [-0.2, -0.15) is 0 Å². The molecule has 2 aromatic rings. The molecule has 0 aliphatic heterocycles. The molecule has 0 saturated carbocycles. The average molecular weight is 407 g/mol. The summed E-state index contributed by atoms with van der Waals surface area (Å²) in [4.78, 5) is 12.3. The first-order valence-corrected chi connectivity index (χ1v) is 11.8. The van der Waals surface area contributed by atoms with Crippen molar-refractivity contribution in [1.29, 1.82) is 0 Å². The van der Waals surface area contributed by atoms with Crippen LogP contribution in [-0.2, 0) is 15.6 Å². The summed E-state index contributed by atoms with van der Waals surface area (Å²) in [7, 11) is 0. The molecule has 2 aromatic carbocycles. The number of ketones is 1. The lowest BCUT2D eigenvalue weighted by molar-refractivity contribution is -0.119. The minimum atomic E-state index is 0.179. The number of benzene rings is 2. The number of hydrogen-bond donors (Lipinski definition) is 0. The van der Waals surface area contributed by atoms with E-state index in [0.717, 1.165) is 51.4 Å². The molecule has 1 heteroatoms. The molecule has 1 nitrogen and oxygen atoms in total. The van der Waals surface area contributed by atoms with Crippen molar-refractivity contribution < 1.29 is 4.79 Å². The molecule has 0 radical (unpaired) electrons. The summed E-state index contributed by atoms with van der Waals surface area (Å²) >= 11 is 0. The fourth-order valence-electron chi connectivity index (χ4n) is 4.20. The van der Waals surface area contributed by atoms with Gasteiger partial charge in [-0.3, -0.25) is 4.79 Å². The molecule has 0 fully saturated rings. The van der Waals surface area contributed by atoms with Crippen LogP contribution in [0.2, 0.25) is 0 Å². The summed E-state index contributed by atoms with van der Waals surface area (Å²) in [5.74, 6) is 0.441. The smallest absolute Gasteiger partial charge is 0.132 e. The molecule has 0 unspecified atom stereocenters. The van der Waals surface area contributed by atoms with Crippen molar-refractivity contribution in [2.45, 2.75) is 104 Å². The third-order valence-electron chi connectivity index (χ3n) is 6.68. The maximum absolute atomic E-state index is 12.3. The molecule has 164 valence electrons. The highest BCUT2D eigenvalue weighted by Crippen LogP contribution is 2.31. The van der Waals surface area contributed by atoms with Crippen LogP contribution in [0, 0.1) is 13.8 Å². The van der Waals surface area contributed by atoms with Gasteiger partial charge in [-0.1, -0.05) is 100 Å². The maximum Gasteiger partial charge on any atom is 0.132 e. The number of rotatable bonds is 12. The van der Waals surface area contributed by atoms with Gasteiger partial charge in [-0.25, -0.2) is 0 Å². The van der Waals surface area contributed by atoms with Gasteiger partial charge < -0.3 is 0 Å². The van der Waals surface area contributed by atoms with Crippen LogP contribution in [0.3, 0.4) is 0 Å². The molecule has 0 spiro atoms. The number of aryl methyl sites for hydroxylation is 2. The van der Waals surface area contributed by atoms with Gasteiger partial charge in [-0.05, 0) is 61.5 Å². The van der Waals surface area contributed by atoms with E-state index >= 15 is 0 Å². The second-order valence-electron chi connectivity index (χ2n) is 10.5. The standard InChI is InChI=1S/C29H42O/c1-23-13-17-25(18-14-23)28(3,4)21-9-7-11-27(30)12-8-10-22-29(5,6)26-19-15-24(2)16-20-26/h13-20H,7-12,21-22H2,1-6H3. The van der Waals surface area contributed by atoms with Crippen LogP contribution in [0.1, 0.15) is 101 Å². The maximum atomic E-state index is 12.3. The Hall–Kier alpha value is -1.89. The highest BCUT2D eigenvalue weighted by atomic mass is 16.1. The second kappa shape index (κ2) is 10.9. The van der Waals surface area contributed by atoms with E-state index in [1.807, 2.05) is 0 Å². The van der Waals surface area contributed by atoms with Crippen LogP contribution < -0.4 is 0 Å². The molecule has 0 aliphatic carbocycles. The molecule has 0 aliphatic rings. The molecule has 0 saturated heterocycles. The van der Waals surface area contributed by atoms with Crippen molar-refractivity contribution in [3.05, 3.63) is 70.8 Å². The Kier molecular flexibility index (Phi) is 8.89. The van der Waals surface area contributed by atoms with Gasteiger partial charge in [0.25, 0.3) is 0 Å². The van der Waals surface area contributed by atoms with Gasteiger partial charge in [0.05, 0.1) is 0 Å². The van der Waals surface area contributed by atoms with E-state index in [0.29, 0.717) is 5.78 Å². The van der Waals surface area contributed by atoms with Crippen molar-refractivity contribution in [2.75, 3.05) is 0 Å². The summed E-state index contributed by atoms with van der Waals surface area (Å²) in [5.41, 5.74) is 5.77. The Bertz CT molecular complexity index is 711. The third kappa shape index (κ3) is 7.74. The Labute approximate surface area is 185 Å². The van der Waals surface area contributed by atoms with Crippen LogP contribution in [0.5, 0.6) is 0 Å². The summed E-state index contributed by atoms with van der Waals surface area (Å²) in [6.07, 6.45) is 8.02. The average Bonchev–Trinajstić information content (AvgIpc) is 2.69. The molecule has 0 atom stereocenters. The van der Waals surface area contributed by atoms with E-state index in [-0.39, 0.29) is 10.8 Å². The Morgan fingerprint density at radius 1 is 0.600 bits per heavy atom. The van der Waals surface area contributed by atoms with Gasteiger partial charge in [0.1, 0.15) is 5.78 Å². The predicted molar refractivity (Wildman–Crippen MR) is 130 cm³/mol. The third-order valence-corrected chi connectivity index (χ3v) is 6.68. The van der Waals surface area contributed by atoms with Crippen LogP contribution in [0.15, 0.2) is 48.5 Å². The van der Waals surface area contributed by atoms with Gasteiger partial charge in [-0.15, -0.1) is 0 Å². The quantitative estimate of drug-likeness (QED) is 0.324. The fourth-order valence-corrected chi connectivity index (χ4v) is 4.20. The molecular formula is C29H42O. The van der Waals surface area contributed by atoms with Crippen molar-refractivity contribution >= 4 is 5.78 Å². The zero-order chi connectivity index (χ0) is 22.2. The summed E-state index contributed by atoms with van der Waals surface area (Å²) in [6.45, 7) is 13.5. The first-order valence-electron chi connectivity index (χ1n) is 11.8. The van der Waals surface area contributed by atoms with Crippen LogP contribution >= 0.6 is 0 Å². The van der Waals surface area contributed by atoms with Crippen molar-refractivity contribution in [1.82, 2.24) is 0 Å². The van der Waals surface area contributed by atoms with Crippen LogP contribution in [-0.4, -0.2) is 5.78 Å². The van der Waals surface area contributed by atoms with Gasteiger partial charge in [0.15, 0.2) is 0 Å². The summed E-state index contributed by atoms with van der Waals surface area (Å²) in [6, 6.07) is 17.8. The molecule has 0 heterocycles. The van der Waals surface area contributed by atoms with Gasteiger partial charge in [0, 0.05) is 12.8 Å². The van der Waals surface area contributed by atoms with E-state index in [9.17, 15) is 4.79 Å². The lowest BCUT2D eigenvalue weighted by atomic mass is 9.79. The predicted octanol–water partition coefficient (Wildman–Crippen LogP) is 8.25. The monoisotopic (exact) mass is 406 g/mol. The van der Waals surface area contributed by atoms with Crippen LogP contribution in [0.4, 0.5) is 0 Å². The molecule has 0 bridgehead atoms. The van der Waals surface area contributed by atoms with E-state index in [1.165, 1.54) is 22.3 Å². The van der Waals surface area contributed by atoms with Gasteiger partial charge >= 0.3 is 0 Å². The molecule has 0 amide bonds. The highest BCUT2D eigenvalue weighted by molar-refractivity contribution is 5.78. The number of carbonyl (C=O) groups excluding carboxylic acids is 1. The first kappa shape index (κ1) is 24.4. The molecule has 2 rings (SSSR count). The first-order chi connectivity index (χ1) is 14.1. The van der Waals surface area contributed by atoms with Crippen molar-refractivity contribution in [2.24, 2.45) is 0 Å². The largest absolute Gasteiger partial charge is 0.300 e. The number of carbonyl (C=O) groups is 1. The summed E-state index contributed by atoms with van der Waals surface area (Å²) < 4.78 is 0. The molecule has 0 aromatic heterocycles. The Balaban J connectivity index is 1.63. The Morgan fingerprint density at radius 3 is 1.27 bits per heavy atom. The van der Waals surface area contributed by atoms with E-state index in [1.54, 1.807) is 0 Å².